The molecule has 0 aliphatic rings. The molecule has 0 saturated carbocycles. The van der Waals surface area contributed by atoms with Crippen LogP contribution in [0.4, 0.5) is 5.69 Å². The quantitative estimate of drug-likeness (QED) is 0.875. The van der Waals surface area contributed by atoms with E-state index in [1.165, 1.54) is 11.5 Å². The molecule has 1 heterocycles. The fourth-order valence-electron chi connectivity index (χ4n) is 1.68. The van der Waals surface area contributed by atoms with Gasteiger partial charge in [0.1, 0.15) is 23.9 Å². The van der Waals surface area contributed by atoms with E-state index < -0.39 is 0 Å². The van der Waals surface area contributed by atoms with Gasteiger partial charge in [-0.2, -0.15) is 20.2 Å². The van der Waals surface area contributed by atoms with Crippen molar-refractivity contribution in [1.29, 1.82) is 15.8 Å². The summed E-state index contributed by atoms with van der Waals surface area (Å²) in [5.74, 6) is 0. The van der Waals surface area contributed by atoms with E-state index in [1.54, 1.807) is 18.2 Å². The number of aromatic nitrogens is 1. The van der Waals surface area contributed by atoms with Gasteiger partial charge in [0.2, 0.25) is 0 Å². The van der Waals surface area contributed by atoms with Gasteiger partial charge in [0, 0.05) is 5.69 Å². The van der Waals surface area contributed by atoms with Gasteiger partial charge >= 0.3 is 0 Å². The van der Waals surface area contributed by atoms with Crippen LogP contribution in [0.25, 0.3) is 10.4 Å². The summed E-state index contributed by atoms with van der Waals surface area (Å²) in [7, 11) is 0. The van der Waals surface area contributed by atoms with E-state index in [0.29, 0.717) is 5.69 Å². The molecule has 2 aromatic rings. The predicted molar refractivity (Wildman–Crippen MR) is 79.8 cm³/mol. The predicted octanol–water partition coefficient (Wildman–Crippen LogP) is 3.36. The minimum absolute atomic E-state index is 0.0577. The maximum absolute atomic E-state index is 9.03. The Bertz CT molecular complexity index is 811. The highest BCUT2D eigenvalue weighted by Crippen LogP contribution is 2.27. The maximum Gasteiger partial charge on any atom is 0.163 e. The lowest BCUT2D eigenvalue weighted by Crippen LogP contribution is -2.00. The number of benzene rings is 1. The van der Waals surface area contributed by atoms with Crippen LogP contribution >= 0.6 is 11.5 Å². The second-order valence-electron chi connectivity index (χ2n) is 4.12. The smallest absolute Gasteiger partial charge is 0.163 e. The first kappa shape index (κ1) is 14.3. The van der Waals surface area contributed by atoms with Crippen molar-refractivity contribution >= 4 is 17.2 Å². The minimum atomic E-state index is -0.239. The second-order valence-corrected chi connectivity index (χ2v) is 4.93. The van der Waals surface area contributed by atoms with Crippen molar-refractivity contribution in [3.8, 4) is 28.6 Å². The summed E-state index contributed by atoms with van der Waals surface area (Å²) in [6, 6.07) is 14.6. The van der Waals surface area contributed by atoms with Gasteiger partial charge in [-0.25, -0.2) is 0 Å². The van der Waals surface area contributed by atoms with Crippen LogP contribution in [-0.2, 0) is 0 Å². The molecular weight excluding hydrogens is 282 g/mol. The number of hydrogen-bond acceptors (Lipinski definition) is 6. The third kappa shape index (κ3) is 3.25. The topological polar surface area (TPSA) is 96.3 Å². The maximum atomic E-state index is 9.03. The summed E-state index contributed by atoms with van der Waals surface area (Å²) >= 11 is 1.39. The molecular formula is C15H9N5S. The number of nitrogens with zero attached hydrogens (tertiary/aromatic N) is 4. The van der Waals surface area contributed by atoms with Crippen molar-refractivity contribution in [3.05, 3.63) is 47.3 Å². The van der Waals surface area contributed by atoms with E-state index in [9.17, 15) is 0 Å². The summed E-state index contributed by atoms with van der Waals surface area (Å²) in [4.78, 5) is 1.01. The Labute approximate surface area is 126 Å². The Morgan fingerprint density at radius 2 is 1.90 bits per heavy atom. The fraction of sp³-hybridized carbons (Fsp3) is 0.0667. The number of nitrogens with one attached hydrogen (secondary N) is 1. The lowest BCUT2D eigenvalue weighted by molar-refractivity contribution is 1.35. The number of nitriles is 3. The largest absolute Gasteiger partial charge is 0.345 e. The van der Waals surface area contributed by atoms with E-state index in [4.69, 9.17) is 15.8 Å². The Kier molecular flexibility index (Phi) is 4.31. The van der Waals surface area contributed by atoms with Crippen LogP contribution in [0.3, 0.4) is 0 Å². The van der Waals surface area contributed by atoms with Gasteiger partial charge in [-0.3, -0.25) is 0 Å². The van der Waals surface area contributed by atoms with Crippen molar-refractivity contribution < 1.29 is 0 Å². The molecule has 21 heavy (non-hydrogen) atoms. The zero-order valence-corrected chi connectivity index (χ0v) is 11.9. The molecule has 1 N–H and O–H groups in total. The molecule has 1 aromatic heterocycles. The second kappa shape index (κ2) is 6.34. The van der Waals surface area contributed by atoms with Gasteiger partial charge in [0.15, 0.2) is 5.57 Å². The van der Waals surface area contributed by atoms with E-state index in [-0.39, 0.29) is 11.3 Å². The third-order valence-corrected chi connectivity index (χ3v) is 3.56. The van der Waals surface area contributed by atoms with Gasteiger partial charge in [-0.1, -0.05) is 12.1 Å². The highest BCUT2D eigenvalue weighted by atomic mass is 32.1. The molecule has 2 rings (SSSR count). The number of rotatable bonds is 3. The molecule has 0 spiro atoms. The molecule has 0 unspecified atom stereocenters. The molecule has 0 bridgehead atoms. The molecule has 0 atom stereocenters. The van der Waals surface area contributed by atoms with Crippen LogP contribution in [0.1, 0.15) is 5.69 Å². The number of allylic oxidation sites excluding steroid dienone is 2. The normalized spacial score (nSPS) is 9.05. The van der Waals surface area contributed by atoms with Gasteiger partial charge in [-0.15, -0.1) is 0 Å². The fourth-order valence-corrected chi connectivity index (χ4v) is 2.43. The van der Waals surface area contributed by atoms with E-state index in [0.717, 1.165) is 16.1 Å². The van der Waals surface area contributed by atoms with Crippen LogP contribution < -0.4 is 5.32 Å². The zero-order chi connectivity index (χ0) is 15.2. The molecule has 100 valence electrons. The highest BCUT2D eigenvalue weighted by molar-refractivity contribution is 7.09. The number of hydrogen-bond donors (Lipinski definition) is 1. The zero-order valence-electron chi connectivity index (χ0n) is 11.1. The Morgan fingerprint density at radius 3 is 2.48 bits per heavy atom. The summed E-state index contributed by atoms with van der Waals surface area (Å²) in [6.07, 6.45) is 0. The summed E-state index contributed by atoms with van der Waals surface area (Å²) < 4.78 is 4.23. The number of aryl methyl sites for hydroxylation is 1. The highest BCUT2D eigenvalue weighted by Gasteiger charge is 2.07. The first-order valence-corrected chi connectivity index (χ1v) is 6.70. The molecule has 0 aliphatic carbocycles. The molecule has 0 fully saturated rings. The van der Waals surface area contributed by atoms with Gasteiger partial charge < -0.3 is 5.32 Å². The molecule has 5 nitrogen and oxygen atoms in total. The molecule has 0 radical (unpaired) electrons. The minimum Gasteiger partial charge on any atom is -0.345 e. The van der Waals surface area contributed by atoms with Gasteiger partial charge in [-0.05, 0) is 42.2 Å². The average molecular weight is 291 g/mol. The van der Waals surface area contributed by atoms with Crippen LogP contribution in [-0.4, -0.2) is 4.37 Å². The third-order valence-electron chi connectivity index (χ3n) is 2.63. The summed E-state index contributed by atoms with van der Waals surface area (Å²) in [5, 5.41) is 29.5. The summed E-state index contributed by atoms with van der Waals surface area (Å²) in [6.45, 7) is 1.92. The molecule has 0 saturated heterocycles. The Hall–Kier alpha value is -3.14. The molecule has 0 aliphatic heterocycles. The molecule has 0 amide bonds. The Morgan fingerprint density at radius 1 is 1.14 bits per heavy atom. The van der Waals surface area contributed by atoms with Crippen molar-refractivity contribution in [1.82, 2.24) is 4.37 Å². The SMILES string of the molecule is Cc1cc(-c2cccc(NC(C#N)=C(C#N)C#N)c2)sn1. The van der Waals surface area contributed by atoms with Crippen LogP contribution in [0.15, 0.2) is 41.6 Å². The van der Waals surface area contributed by atoms with E-state index in [1.807, 2.05) is 37.3 Å². The molecule has 1 aromatic carbocycles. The van der Waals surface area contributed by atoms with E-state index >= 15 is 0 Å². The number of anilines is 1. The standard InChI is InChI=1S/C15H9N5S/c1-10-5-15(21-20-10)11-3-2-4-13(6-11)19-14(9-18)12(7-16)8-17/h2-6,19H,1H3. The van der Waals surface area contributed by atoms with Gasteiger partial charge in [0.05, 0.1) is 10.6 Å². The monoisotopic (exact) mass is 291 g/mol. The van der Waals surface area contributed by atoms with Crippen molar-refractivity contribution in [2.45, 2.75) is 6.92 Å². The summed E-state index contributed by atoms with van der Waals surface area (Å²) in [5.41, 5.74) is 2.24. The first-order chi connectivity index (χ1) is 10.2. The van der Waals surface area contributed by atoms with Crippen LogP contribution in [0, 0.1) is 40.9 Å². The lowest BCUT2D eigenvalue weighted by atomic mass is 10.1. The first-order valence-electron chi connectivity index (χ1n) is 5.93. The lowest BCUT2D eigenvalue weighted by Gasteiger charge is -2.06. The van der Waals surface area contributed by atoms with Crippen LogP contribution in [0.5, 0.6) is 0 Å². The molecule has 6 heteroatoms. The average Bonchev–Trinajstić information content (AvgIpc) is 2.94. The van der Waals surface area contributed by atoms with Crippen molar-refractivity contribution in [2.75, 3.05) is 5.32 Å². The van der Waals surface area contributed by atoms with Crippen molar-refractivity contribution in [3.63, 3.8) is 0 Å². The van der Waals surface area contributed by atoms with E-state index in [2.05, 4.69) is 9.69 Å². The van der Waals surface area contributed by atoms with Crippen LogP contribution in [0.2, 0.25) is 0 Å². The van der Waals surface area contributed by atoms with Gasteiger partial charge in [0.25, 0.3) is 0 Å². The Balaban J connectivity index is 2.36. The van der Waals surface area contributed by atoms with Crippen molar-refractivity contribution in [2.24, 2.45) is 0 Å².